The van der Waals surface area contributed by atoms with E-state index >= 15 is 0 Å². The minimum atomic E-state index is -0.0157. The van der Waals surface area contributed by atoms with Gasteiger partial charge in [-0.3, -0.25) is 4.90 Å². The fourth-order valence-corrected chi connectivity index (χ4v) is 3.52. The van der Waals surface area contributed by atoms with E-state index in [2.05, 4.69) is 58.7 Å². The second-order valence-corrected chi connectivity index (χ2v) is 7.12. The molecule has 0 unspecified atom stereocenters. The van der Waals surface area contributed by atoms with Crippen LogP contribution in [0.1, 0.15) is 5.56 Å². The van der Waals surface area contributed by atoms with Crippen LogP contribution in [0.2, 0.25) is 0 Å². The summed E-state index contributed by atoms with van der Waals surface area (Å²) in [4.78, 5) is 16.7. The van der Waals surface area contributed by atoms with Gasteiger partial charge in [-0.1, -0.05) is 72.8 Å². The zero-order chi connectivity index (χ0) is 19.2. The van der Waals surface area contributed by atoms with Crippen molar-refractivity contribution in [3.8, 4) is 11.1 Å². The standard InChI is InChI=1S/C24H25N3O/c28-24(25-23-9-5-2-6-10-23)27-17-15-26(16-18-27)19-20-11-13-22(14-12-20)21-7-3-1-4-8-21/h1-14H,15-19H2,(H,25,28). The van der Waals surface area contributed by atoms with E-state index in [1.165, 1.54) is 16.7 Å². The maximum atomic E-state index is 12.4. The molecule has 1 aliphatic rings. The van der Waals surface area contributed by atoms with Crippen LogP contribution in [0.4, 0.5) is 10.5 Å². The van der Waals surface area contributed by atoms with Crippen LogP contribution in [0, 0.1) is 0 Å². The van der Waals surface area contributed by atoms with Gasteiger partial charge in [-0.25, -0.2) is 4.79 Å². The lowest BCUT2D eigenvalue weighted by Gasteiger charge is -2.34. The number of anilines is 1. The molecule has 3 aromatic rings. The average Bonchev–Trinajstić information content (AvgIpc) is 2.76. The number of amides is 2. The van der Waals surface area contributed by atoms with Crippen molar-refractivity contribution < 1.29 is 4.79 Å². The number of carbonyl (C=O) groups excluding carboxylic acids is 1. The summed E-state index contributed by atoms with van der Waals surface area (Å²) in [6.45, 7) is 4.20. The van der Waals surface area contributed by atoms with Crippen LogP contribution < -0.4 is 5.32 Å². The number of para-hydroxylation sites is 1. The van der Waals surface area contributed by atoms with E-state index < -0.39 is 0 Å². The number of nitrogens with one attached hydrogen (secondary N) is 1. The predicted octanol–water partition coefficient (Wildman–Crippen LogP) is 4.70. The van der Waals surface area contributed by atoms with E-state index in [-0.39, 0.29) is 6.03 Å². The van der Waals surface area contributed by atoms with Crippen molar-refractivity contribution in [2.75, 3.05) is 31.5 Å². The Hall–Kier alpha value is -3.11. The first-order chi connectivity index (χ1) is 13.8. The maximum absolute atomic E-state index is 12.4. The third-order valence-electron chi connectivity index (χ3n) is 5.15. The second kappa shape index (κ2) is 8.72. The molecule has 0 bridgehead atoms. The van der Waals surface area contributed by atoms with Crippen molar-refractivity contribution in [2.24, 2.45) is 0 Å². The van der Waals surface area contributed by atoms with Crippen molar-refractivity contribution in [3.63, 3.8) is 0 Å². The molecule has 1 fully saturated rings. The minimum absolute atomic E-state index is 0.0157. The van der Waals surface area contributed by atoms with Gasteiger partial charge in [-0.05, 0) is 28.8 Å². The van der Waals surface area contributed by atoms with E-state index in [1.54, 1.807) is 0 Å². The van der Waals surface area contributed by atoms with E-state index in [0.717, 1.165) is 38.4 Å². The minimum Gasteiger partial charge on any atom is -0.322 e. The lowest BCUT2D eigenvalue weighted by Crippen LogP contribution is -2.49. The van der Waals surface area contributed by atoms with Crippen LogP contribution in [0.5, 0.6) is 0 Å². The van der Waals surface area contributed by atoms with Gasteiger partial charge < -0.3 is 10.2 Å². The molecule has 28 heavy (non-hydrogen) atoms. The van der Waals surface area contributed by atoms with Crippen molar-refractivity contribution in [3.05, 3.63) is 90.5 Å². The Morgan fingerprint density at radius 1 is 0.714 bits per heavy atom. The number of urea groups is 1. The molecule has 0 atom stereocenters. The third kappa shape index (κ3) is 4.59. The van der Waals surface area contributed by atoms with Crippen LogP contribution in [-0.2, 0) is 6.54 Å². The SMILES string of the molecule is O=C(Nc1ccccc1)N1CCN(Cc2ccc(-c3ccccc3)cc2)CC1. The molecule has 0 saturated carbocycles. The molecular formula is C24H25N3O. The zero-order valence-electron chi connectivity index (χ0n) is 15.9. The summed E-state index contributed by atoms with van der Waals surface area (Å²) in [5.74, 6) is 0. The van der Waals surface area contributed by atoms with Gasteiger partial charge in [0.15, 0.2) is 0 Å². The van der Waals surface area contributed by atoms with Gasteiger partial charge in [0.05, 0.1) is 0 Å². The number of hydrogen-bond acceptors (Lipinski definition) is 2. The van der Waals surface area contributed by atoms with Gasteiger partial charge >= 0.3 is 6.03 Å². The highest BCUT2D eigenvalue weighted by atomic mass is 16.2. The zero-order valence-corrected chi connectivity index (χ0v) is 15.9. The highest BCUT2D eigenvalue weighted by Crippen LogP contribution is 2.20. The Kier molecular flexibility index (Phi) is 5.69. The second-order valence-electron chi connectivity index (χ2n) is 7.12. The van der Waals surface area contributed by atoms with Crippen molar-refractivity contribution >= 4 is 11.7 Å². The molecule has 4 rings (SSSR count). The van der Waals surface area contributed by atoms with Crippen molar-refractivity contribution in [2.45, 2.75) is 6.54 Å². The monoisotopic (exact) mass is 371 g/mol. The fraction of sp³-hybridized carbons (Fsp3) is 0.208. The molecule has 142 valence electrons. The quantitative estimate of drug-likeness (QED) is 0.721. The highest BCUT2D eigenvalue weighted by molar-refractivity contribution is 5.89. The summed E-state index contributed by atoms with van der Waals surface area (Å²) < 4.78 is 0. The summed E-state index contributed by atoms with van der Waals surface area (Å²) in [5, 5.41) is 2.97. The van der Waals surface area contributed by atoms with Gasteiger partial charge in [-0.15, -0.1) is 0 Å². The molecule has 1 saturated heterocycles. The van der Waals surface area contributed by atoms with Crippen LogP contribution in [0.25, 0.3) is 11.1 Å². The van der Waals surface area contributed by atoms with Crippen LogP contribution in [0.3, 0.4) is 0 Å². The van der Waals surface area contributed by atoms with Crippen LogP contribution in [0.15, 0.2) is 84.9 Å². The molecule has 1 aliphatic heterocycles. The lowest BCUT2D eigenvalue weighted by molar-refractivity contribution is 0.143. The number of hydrogen-bond donors (Lipinski definition) is 1. The van der Waals surface area contributed by atoms with Crippen molar-refractivity contribution in [1.82, 2.24) is 9.80 Å². The summed E-state index contributed by atoms with van der Waals surface area (Å²) in [6, 6.07) is 28.8. The number of piperazine rings is 1. The predicted molar refractivity (Wildman–Crippen MR) is 114 cm³/mol. The first-order valence-electron chi connectivity index (χ1n) is 9.76. The van der Waals surface area contributed by atoms with E-state index in [9.17, 15) is 4.79 Å². The maximum Gasteiger partial charge on any atom is 0.321 e. The molecule has 3 aromatic carbocycles. The molecule has 1 heterocycles. The molecular weight excluding hydrogens is 346 g/mol. The Morgan fingerprint density at radius 2 is 1.29 bits per heavy atom. The first kappa shape index (κ1) is 18.3. The van der Waals surface area contributed by atoms with Gasteiger partial charge in [0.2, 0.25) is 0 Å². The third-order valence-corrected chi connectivity index (χ3v) is 5.15. The molecule has 0 radical (unpaired) electrons. The molecule has 4 nitrogen and oxygen atoms in total. The lowest BCUT2D eigenvalue weighted by atomic mass is 10.0. The topological polar surface area (TPSA) is 35.6 Å². The van der Waals surface area contributed by atoms with Gasteiger partial charge in [0.25, 0.3) is 0 Å². The summed E-state index contributed by atoms with van der Waals surface area (Å²) in [6.07, 6.45) is 0. The highest BCUT2D eigenvalue weighted by Gasteiger charge is 2.21. The Morgan fingerprint density at radius 3 is 1.93 bits per heavy atom. The molecule has 4 heteroatoms. The van der Waals surface area contributed by atoms with Crippen molar-refractivity contribution in [1.29, 1.82) is 0 Å². The van der Waals surface area contributed by atoms with Crippen LogP contribution in [-0.4, -0.2) is 42.0 Å². The Balaban J connectivity index is 1.28. The Labute approximate surface area is 166 Å². The van der Waals surface area contributed by atoms with E-state index in [0.29, 0.717) is 0 Å². The molecule has 2 amide bonds. The normalized spacial score (nSPS) is 14.6. The number of nitrogens with zero attached hydrogens (tertiary/aromatic N) is 2. The van der Waals surface area contributed by atoms with E-state index in [1.807, 2.05) is 41.3 Å². The first-order valence-corrected chi connectivity index (χ1v) is 9.76. The number of carbonyl (C=O) groups is 1. The summed E-state index contributed by atoms with van der Waals surface area (Å²) in [7, 11) is 0. The van der Waals surface area contributed by atoms with E-state index in [4.69, 9.17) is 0 Å². The van der Waals surface area contributed by atoms with Gasteiger partial charge in [0, 0.05) is 38.4 Å². The molecule has 0 aromatic heterocycles. The average molecular weight is 371 g/mol. The summed E-state index contributed by atoms with van der Waals surface area (Å²) >= 11 is 0. The molecule has 1 N–H and O–H groups in total. The smallest absolute Gasteiger partial charge is 0.321 e. The molecule has 0 spiro atoms. The number of rotatable bonds is 4. The van der Waals surface area contributed by atoms with Gasteiger partial charge in [-0.2, -0.15) is 0 Å². The van der Waals surface area contributed by atoms with Gasteiger partial charge in [0.1, 0.15) is 0 Å². The molecule has 0 aliphatic carbocycles. The Bertz CT molecular complexity index is 886. The number of benzene rings is 3. The fourth-order valence-electron chi connectivity index (χ4n) is 3.52. The largest absolute Gasteiger partial charge is 0.322 e. The van der Waals surface area contributed by atoms with Crippen LogP contribution >= 0.6 is 0 Å². The summed E-state index contributed by atoms with van der Waals surface area (Å²) in [5.41, 5.74) is 4.63.